The maximum Gasteiger partial charge on any atom is 0.336 e. The monoisotopic (exact) mass is 680 g/mol. The van der Waals surface area contributed by atoms with Crippen LogP contribution in [0.1, 0.15) is 20.7 Å². The lowest BCUT2D eigenvalue weighted by molar-refractivity contribution is 0.0377. The fourth-order valence-corrected chi connectivity index (χ4v) is 6.14. The lowest BCUT2D eigenvalue weighted by atomic mass is 9.89. The molecule has 1 heterocycles. The van der Waals surface area contributed by atoms with E-state index in [0.29, 0.717) is 0 Å². The third-order valence-corrected chi connectivity index (χ3v) is 8.42. The first-order valence-corrected chi connectivity index (χ1v) is 16.0. The average Bonchev–Trinajstić information content (AvgIpc) is 2.97. The van der Waals surface area contributed by atoms with Crippen molar-refractivity contribution in [3.63, 3.8) is 0 Å². The van der Waals surface area contributed by atoms with Gasteiger partial charge in [0.05, 0.1) is 43.0 Å². The van der Waals surface area contributed by atoms with Gasteiger partial charge < -0.3 is 35.3 Å². The number of carbonyl (C=O) groups excluding carboxylic acids is 1. The van der Waals surface area contributed by atoms with Crippen molar-refractivity contribution in [3.8, 4) is 22.5 Å². The second kappa shape index (κ2) is 13.9. The number of nitrogen functional groups attached to an aromatic ring is 1. The van der Waals surface area contributed by atoms with E-state index in [1.807, 2.05) is 5.48 Å². The fraction of sp³-hybridized carbons (Fsp3) is 0.222. The molecule has 0 unspecified atom stereocenters. The minimum Gasteiger partial charge on any atom is -0.478 e. The summed E-state index contributed by atoms with van der Waals surface area (Å²) in [5.41, 5.74) is 5.52. The largest absolute Gasteiger partial charge is 0.478 e. The molecule has 4 rings (SSSR count). The number of carboxylic acids is 1. The van der Waals surface area contributed by atoms with Gasteiger partial charge in [-0.15, -0.1) is 0 Å². The lowest BCUT2D eigenvalue weighted by Crippen LogP contribution is -2.28. The molecule has 0 radical (unpaired) electrons. The first kappa shape index (κ1) is 34.4. The zero-order chi connectivity index (χ0) is 33.8. The predicted octanol–water partition coefficient (Wildman–Crippen LogP) is 1.20. The molecule has 0 aromatic heterocycles. The Morgan fingerprint density at radius 2 is 1.52 bits per heavy atom. The highest BCUT2D eigenvalue weighted by Gasteiger charge is 2.32. The van der Waals surface area contributed by atoms with Gasteiger partial charge in [0.1, 0.15) is 0 Å². The standard InChI is InChI=1S/C27H28N4O13S2/c28-19-5-3-16-21(17-4-6-20(29)25(46(39,40)41)23(17)44-22(16)24(19)45(36,37)38)18-13-14(1-2-15(18)27(33)34)26(32)30-7-9-42-11-12-43-10-8-31-35/h1-6,13,28,31,35H,7-12,29H2,(H,30,32)(H,33,34)(H,36,37,38)(H,39,40,41). The van der Waals surface area contributed by atoms with Crippen LogP contribution in [0.4, 0.5) is 5.69 Å². The number of hydrogen-bond acceptors (Lipinski definition) is 13. The van der Waals surface area contributed by atoms with Crippen molar-refractivity contribution in [1.82, 2.24) is 10.8 Å². The Morgan fingerprint density at radius 3 is 2.13 bits per heavy atom. The third kappa shape index (κ3) is 7.32. The van der Waals surface area contributed by atoms with Crippen molar-refractivity contribution in [2.45, 2.75) is 9.79 Å². The Morgan fingerprint density at radius 1 is 0.870 bits per heavy atom. The van der Waals surface area contributed by atoms with Gasteiger partial charge in [-0.25, -0.2) is 10.3 Å². The van der Waals surface area contributed by atoms with Crippen molar-refractivity contribution in [3.05, 3.63) is 58.9 Å². The zero-order valence-corrected chi connectivity index (χ0v) is 25.3. The Bertz CT molecular complexity index is 2060. The number of nitrogens with one attached hydrogen (secondary N) is 3. The van der Waals surface area contributed by atoms with Crippen LogP contribution in [0.5, 0.6) is 0 Å². The molecule has 2 aromatic rings. The van der Waals surface area contributed by atoms with Gasteiger partial charge in [0.2, 0.25) is 0 Å². The third-order valence-electron chi connectivity index (χ3n) is 6.56. The molecule has 2 aromatic carbocycles. The predicted molar refractivity (Wildman–Crippen MR) is 159 cm³/mol. The molecule has 0 fully saturated rings. The van der Waals surface area contributed by atoms with Crippen molar-refractivity contribution in [1.29, 1.82) is 5.41 Å². The van der Waals surface area contributed by atoms with E-state index in [0.717, 1.165) is 18.2 Å². The first-order valence-electron chi connectivity index (χ1n) is 13.2. The van der Waals surface area contributed by atoms with E-state index < -0.39 is 69.9 Å². The average molecular weight is 681 g/mol. The fourth-order valence-electron chi connectivity index (χ4n) is 4.65. The molecule has 2 aliphatic rings. The van der Waals surface area contributed by atoms with Gasteiger partial charge in [-0.05, 0) is 48.0 Å². The number of benzene rings is 3. The molecule has 0 saturated heterocycles. The van der Waals surface area contributed by atoms with E-state index in [2.05, 4.69) is 5.32 Å². The number of hydrogen-bond donors (Lipinski definition) is 8. The van der Waals surface area contributed by atoms with Gasteiger partial charge in [-0.3, -0.25) is 19.3 Å². The number of aromatic carboxylic acids is 1. The molecule has 19 heteroatoms. The molecule has 1 aliphatic carbocycles. The SMILES string of the molecule is N=c1ccc2c(-c3cc(C(=O)NCCOCCOCCNO)ccc3C(=O)O)c3ccc(N)c(S(=O)(=O)O)c3oc-2c1S(=O)(=O)O. The number of rotatable bonds is 14. The molecular formula is C27H28N4O13S2. The van der Waals surface area contributed by atoms with Crippen LogP contribution in [0.15, 0.2) is 56.7 Å². The van der Waals surface area contributed by atoms with Gasteiger partial charge in [-0.2, -0.15) is 16.8 Å². The van der Waals surface area contributed by atoms with Crippen LogP contribution in [-0.4, -0.2) is 87.6 Å². The van der Waals surface area contributed by atoms with Gasteiger partial charge in [-0.1, -0.05) is 0 Å². The first-order chi connectivity index (χ1) is 21.7. The summed E-state index contributed by atoms with van der Waals surface area (Å²) in [5.74, 6) is -2.88. The van der Waals surface area contributed by atoms with Gasteiger partial charge in [0.15, 0.2) is 21.1 Å². The smallest absolute Gasteiger partial charge is 0.336 e. The summed E-state index contributed by atoms with van der Waals surface area (Å²) in [4.78, 5) is 23.4. The van der Waals surface area contributed by atoms with Crippen molar-refractivity contribution in [2.24, 2.45) is 0 Å². The van der Waals surface area contributed by atoms with Crippen molar-refractivity contribution < 1.29 is 59.7 Å². The highest BCUT2D eigenvalue weighted by molar-refractivity contribution is 7.86. The van der Waals surface area contributed by atoms with E-state index in [4.69, 9.17) is 30.2 Å². The number of anilines is 1. The summed E-state index contributed by atoms with van der Waals surface area (Å²) in [6, 6.07) is 7.99. The van der Waals surface area contributed by atoms with E-state index in [-0.39, 0.29) is 67.2 Å². The number of amides is 1. The van der Waals surface area contributed by atoms with Crippen LogP contribution in [0, 0.1) is 5.41 Å². The van der Waals surface area contributed by atoms with Gasteiger partial charge >= 0.3 is 5.97 Å². The number of hydroxylamine groups is 1. The molecule has 0 spiro atoms. The Kier molecular flexibility index (Phi) is 10.4. The van der Waals surface area contributed by atoms with Gasteiger partial charge in [0, 0.05) is 35.2 Å². The molecule has 0 atom stereocenters. The summed E-state index contributed by atoms with van der Waals surface area (Å²) < 4.78 is 85.6. The van der Waals surface area contributed by atoms with Crippen molar-refractivity contribution in [2.75, 3.05) is 45.3 Å². The summed E-state index contributed by atoms with van der Waals surface area (Å²) in [7, 11) is -10.3. The summed E-state index contributed by atoms with van der Waals surface area (Å²) in [5, 5.41) is 28.3. The maximum absolute atomic E-state index is 13.1. The van der Waals surface area contributed by atoms with Crippen LogP contribution in [0.25, 0.3) is 33.4 Å². The van der Waals surface area contributed by atoms with Crippen molar-refractivity contribution >= 4 is 48.8 Å². The van der Waals surface area contributed by atoms with Crippen LogP contribution in [0.2, 0.25) is 0 Å². The molecule has 0 bridgehead atoms. The normalized spacial score (nSPS) is 12.1. The number of carboxylic acid groups (broad SMARTS) is 1. The Hall–Kier alpha value is -4.47. The number of ether oxygens (including phenoxy) is 2. The highest BCUT2D eigenvalue weighted by Crippen LogP contribution is 2.45. The highest BCUT2D eigenvalue weighted by atomic mass is 32.2. The maximum atomic E-state index is 13.1. The molecule has 246 valence electrons. The molecule has 9 N–H and O–H groups in total. The zero-order valence-electron chi connectivity index (χ0n) is 23.6. The van der Waals surface area contributed by atoms with Crippen LogP contribution < -0.4 is 21.9 Å². The van der Waals surface area contributed by atoms with E-state index >= 15 is 0 Å². The molecule has 46 heavy (non-hydrogen) atoms. The second-order valence-electron chi connectivity index (χ2n) is 9.56. The van der Waals surface area contributed by atoms with E-state index in [9.17, 15) is 40.6 Å². The topological polar surface area (TPSA) is 289 Å². The summed E-state index contributed by atoms with van der Waals surface area (Å²) >= 11 is 0. The molecule has 1 amide bonds. The summed E-state index contributed by atoms with van der Waals surface area (Å²) in [6.07, 6.45) is 0. The van der Waals surface area contributed by atoms with Gasteiger partial charge in [0.25, 0.3) is 26.1 Å². The number of fused-ring (bicyclic) bond motifs is 2. The van der Waals surface area contributed by atoms with Crippen LogP contribution in [-0.2, 0) is 29.7 Å². The molecule has 1 aliphatic heterocycles. The minimum atomic E-state index is -5.19. The van der Waals surface area contributed by atoms with E-state index in [1.165, 1.54) is 24.3 Å². The lowest BCUT2D eigenvalue weighted by Gasteiger charge is -2.20. The van der Waals surface area contributed by atoms with E-state index in [1.54, 1.807) is 0 Å². The Labute approximate surface area is 260 Å². The minimum absolute atomic E-state index is 0.0457. The second-order valence-corrected chi connectivity index (χ2v) is 12.3. The molecule has 17 nitrogen and oxygen atoms in total. The van der Waals surface area contributed by atoms with Crippen LogP contribution >= 0.6 is 0 Å². The molecule has 0 saturated carbocycles. The quantitative estimate of drug-likeness (QED) is 0.0305. The summed E-state index contributed by atoms with van der Waals surface area (Å²) in [6.45, 7) is 1.09. The molecular weight excluding hydrogens is 652 g/mol. The number of carbonyl (C=O) groups is 2. The van der Waals surface area contributed by atoms with Crippen LogP contribution in [0.3, 0.4) is 0 Å². The Balaban J connectivity index is 1.87. The number of nitrogens with two attached hydrogens (primary N) is 1.